The first-order chi connectivity index (χ1) is 10.7. The molecule has 0 bridgehead atoms. The Bertz CT molecular complexity index is 577. The van der Waals surface area contributed by atoms with Crippen LogP contribution in [0.2, 0.25) is 0 Å². The minimum absolute atomic E-state index is 0.302. The van der Waals surface area contributed by atoms with E-state index in [-0.39, 0.29) is 0 Å². The first kappa shape index (κ1) is 16.4. The van der Waals surface area contributed by atoms with Crippen LogP contribution in [-0.2, 0) is 6.42 Å². The lowest BCUT2D eigenvalue weighted by Gasteiger charge is -2.17. The predicted molar refractivity (Wildman–Crippen MR) is 91.7 cm³/mol. The lowest BCUT2D eigenvalue weighted by Crippen LogP contribution is -2.04. The topological polar surface area (TPSA) is 29.5 Å². The van der Waals surface area contributed by atoms with Gasteiger partial charge in [-0.25, -0.2) is 0 Å². The number of benzene rings is 2. The zero-order chi connectivity index (χ0) is 15.8. The SMILES string of the molecule is CCCCCOc1ccccc1C(C)Cc1ccccc1O. The van der Waals surface area contributed by atoms with E-state index in [1.807, 2.05) is 30.3 Å². The third kappa shape index (κ3) is 4.52. The zero-order valence-corrected chi connectivity index (χ0v) is 13.6. The number of hydrogen-bond donors (Lipinski definition) is 1. The van der Waals surface area contributed by atoms with Crippen LogP contribution in [0.25, 0.3) is 0 Å². The maximum absolute atomic E-state index is 9.94. The molecule has 1 N–H and O–H groups in total. The van der Waals surface area contributed by atoms with E-state index in [2.05, 4.69) is 26.0 Å². The number of rotatable bonds is 8. The summed E-state index contributed by atoms with van der Waals surface area (Å²) in [4.78, 5) is 0. The first-order valence-electron chi connectivity index (χ1n) is 8.21. The van der Waals surface area contributed by atoms with Gasteiger partial charge in [0.1, 0.15) is 11.5 Å². The molecule has 2 heteroatoms. The predicted octanol–water partition coefficient (Wildman–Crippen LogP) is 5.31. The quantitative estimate of drug-likeness (QED) is 0.669. The number of para-hydroxylation sites is 2. The fraction of sp³-hybridized carbons (Fsp3) is 0.400. The van der Waals surface area contributed by atoms with Crippen molar-refractivity contribution in [2.45, 2.75) is 45.4 Å². The summed E-state index contributed by atoms with van der Waals surface area (Å²) in [5.74, 6) is 1.65. The summed E-state index contributed by atoms with van der Waals surface area (Å²) in [6.07, 6.45) is 4.31. The number of phenols is 1. The third-order valence-electron chi connectivity index (χ3n) is 3.97. The highest BCUT2D eigenvalue weighted by Gasteiger charge is 2.13. The third-order valence-corrected chi connectivity index (χ3v) is 3.97. The Morgan fingerprint density at radius 2 is 1.73 bits per heavy atom. The van der Waals surface area contributed by atoms with E-state index in [1.54, 1.807) is 6.07 Å². The molecule has 0 heterocycles. The molecule has 0 spiro atoms. The Balaban J connectivity index is 2.06. The molecular weight excluding hydrogens is 272 g/mol. The molecule has 0 aliphatic carbocycles. The van der Waals surface area contributed by atoms with E-state index in [4.69, 9.17) is 4.74 Å². The van der Waals surface area contributed by atoms with Gasteiger partial charge in [-0.15, -0.1) is 0 Å². The first-order valence-corrected chi connectivity index (χ1v) is 8.21. The summed E-state index contributed by atoms with van der Waals surface area (Å²) in [6, 6.07) is 15.8. The lowest BCUT2D eigenvalue weighted by molar-refractivity contribution is 0.301. The van der Waals surface area contributed by atoms with Gasteiger partial charge < -0.3 is 9.84 Å². The molecule has 2 rings (SSSR count). The van der Waals surface area contributed by atoms with Gasteiger partial charge in [0, 0.05) is 0 Å². The van der Waals surface area contributed by atoms with Crippen LogP contribution >= 0.6 is 0 Å². The van der Waals surface area contributed by atoms with Crippen LogP contribution in [0.4, 0.5) is 0 Å². The molecule has 2 nitrogen and oxygen atoms in total. The lowest BCUT2D eigenvalue weighted by atomic mass is 9.92. The Morgan fingerprint density at radius 1 is 1.00 bits per heavy atom. The molecule has 1 atom stereocenters. The molecule has 2 aromatic rings. The number of phenolic OH excluding ortho intramolecular Hbond substituents is 1. The molecule has 2 aromatic carbocycles. The van der Waals surface area contributed by atoms with Crippen molar-refractivity contribution in [3.05, 3.63) is 59.7 Å². The van der Waals surface area contributed by atoms with Gasteiger partial charge in [0.05, 0.1) is 6.61 Å². The smallest absolute Gasteiger partial charge is 0.122 e. The Hall–Kier alpha value is -1.96. The number of hydrogen-bond acceptors (Lipinski definition) is 2. The molecule has 0 aliphatic heterocycles. The van der Waals surface area contributed by atoms with E-state index in [0.29, 0.717) is 11.7 Å². The van der Waals surface area contributed by atoms with Crippen molar-refractivity contribution in [1.82, 2.24) is 0 Å². The van der Waals surface area contributed by atoms with Gasteiger partial charge in [-0.05, 0) is 42.0 Å². The van der Waals surface area contributed by atoms with Gasteiger partial charge >= 0.3 is 0 Å². The van der Waals surface area contributed by atoms with Gasteiger partial charge in [0.25, 0.3) is 0 Å². The van der Waals surface area contributed by atoms with Crippen molar-refractivity contribution in [2.75, 3.05) is 6.61 Å². The minimum Gasteiger partial charge on any atom is -0.508 e. The van der Waals surface area contributed by atoms with E-state index in [0.717, 1.165) is 30.8 Å². The highest BCUT2D eigenvalue weighted by atomic mass is 16.5. The van der Waals surface area contributed by atoms with Crippen molar-refractivity contribution in [2.24, 2.45) is 0 Å². The van der Waals surface area contributed by atoms with Gasteiger partial charge in [-0.1, -0.05) is 63.1 Å². The number of unbranched alkanes of at least 4 members (excludes halogenated alkanes) is 2. The van der Waals surface area contributed by atoms with Crippen LogP contribution in [0.1, 0.15) is 50.2 Å². The summed E-state index contributed by atoms with van der Waals surface area (Å²) in [7, 11) is 0. The summed E-state index contributed by atoms with van der Waals surface area (Å²) >= 11 is 0. The largest absolute Gasteiger partial charge is 0.508 e. The zero-order valence-electron chi connectivity index (χ0n) is 13.6. The van der Waals surface area contributed by atoms with Crippen LogP contribution in [-0.4, -0.2) is 11.7 Å². The van der Waals surface area contributed by atoms with Crippen molar-refractivity contribution < 1.29 is 9.84 Å². The Morgan fingerprint density at radius 3 is 2.50 bits per heavy atom. The molecule has 0 aromatic heterocycles. The standard InChI is InChI=1S/C20H26O2/c1-3-4-9-14-22-20-13-8-6-11-18(20)16(2)15-17-10-5-7-12-19(17)21/h5-8,10-13,16,21H,3-4,9,14-15H2,1-2H3. The molecule has 1 unspecified atom stereocenters. The van der Waals surface area contributed by atoms with Gasteiger partial charge in [-0.3, -0.25) is 0 Å². The van der Waals surface area contributed by atoms with Crippen LogP contribution in [0, 0.1) is 0 Å². The average molecular weight is 298 g/mol. The molecule has 118 valence electrons. The molecule has 22 heavy (non-hydrogen) atoms. The number of ether oxygens (including phenoxy) is 1. The second-order valence-electron chi connectivity index (χ2n) is 5.83. The second-order valence-corrected chi connectivity index (χ2v) is 5.83. The van der Waals surface area contributed by atoms with Gasteiger partial charge in [-0.2, -0.15) is 0 Å². The van der Waals surface area contributed by atoms with E-state index < -0.39 is 0 Å². The summed E-state index contributed by atoms with van der Waals surface area (Å²) in [5, 5.41) is 9.94. The fourth-order valence-corrected chi connectivity index (χ4v) is 2.68. The molecule has 0 aliphatic rings. The summed E-state index contributed by atoms with van der Waals surface area (Å²) in [5.41, 5.74) is 2.19. The van der Waals surface area contributed by atoms with Gasteiger partial charge in [0.15, 0.2) is 0 Å². The van der Waals surface area contributed by atoms with Crippen molar-refractivity contribution in [3.63, 3.8) is 0 Å². The molecular formula is C20H26O2. The fourth-order valence-electron chi connectivity index (χ4n) is 2.68. The van der Waals surface area contributed by atoms with Crippen molar-refractivity contribution >= 4 is 0 Å². The number of aromatic hydroxyl groups is 1. The van der Waals surface area contributed by atoms with E-state index in [1.165, 1.54) is 18.4 Å². The highest BCUT2D eigenvalue weighted by molar-refractivity contribution is 5.39. The molecule has 0 saturated carbocycles. The van der Waals surface area contributed by atoms with E-state index in [9.17, 15) is 5.11 Å². The average Bonchev–Trinajstić information content (AvgIpc) is 2.54. The molecule has 0 amide bonds. The Labute approximate surface area is 133 Å². The summed E-state index contributed by atoms with van der Waals surface area (Å²) < 4.78 is 5.97. The van der Waals surface area contributed by atoms with Crippen LogP contribution in [0.15, 0.2) is 48.5 Å². The highest BCUT2D eigenvalue weighted by Crippen LogP contribution is 2.31. The molecule has 0 fully saturated rings. The maximum Gasteiger partial charge on any atom is 0.122 e. The van der Waals surface area contributed by atoms with Crippen molar-refractivity contribution in [3.8, 4) is 11.5 Å². The van der Waals surface area contributed by atoms with Gasteiger partial charge in [0.2, 0.25) is 0 Å². The van der Waals surface area contributed by atoms with Crippen molar-refractivity contribution in [1.29, 1.82) is 0 Å². The maximum atomic E-state index is 9.94. The molecule has 0 radical (unpaired) electrons. The normalized spacial score (nSPS) is 12.1. The van der Waals surface area contributed by atoms with Crippen LogP contribution in [0.3, 0.4) is 0 Å². The molecule has 0 saturated heterocycles. The second kappa shape index (κ2) is 8.47. The summed E-state index contributed by atoms with van der Waals surface area (Å²) in [6.45, 7) is 5.15. The monoisotopic (exact) mass is 298 g/mol. The Kier molecular flexibility index (Phi) is 6.32. The van der Waals surface area contributed by atoms with Crippen LogP contribution < -0.4 is 4.74 Å². The minimum atomic E-state index is 0.302. The van der Waals surface area contributed by atoms with E-state index >= 15 is 0 Å². The van der Waals surface area contributed by atoms with Crippen LogP contribution in [0.5, 0.6) is 11.5 Å².